The van der Waals surface area contributed by atoms with Crippen molar-refractivity contribution in [1.82, 2.24) is 24.5 Å². The lowest BCUT2D eigenvalue weighted by atomic mass is 10.1. The third-order valence-electron chi connectivity index (χ3n) is 6.15. The number of rotatable bonds is 6. The zero-order valence-corrected chi connectivity index (χ0v) is 20.4. The smallest absolute Gasteiger partial charge is 0.334 e. The number of aryl methyl sites for hydroxylation is 1. The number of carboxylic acid groups (broad SMARTS) is 1. The first-order valence-electron chi connectivity index (χ1n) is 11.7. The van der Waals surface area contributed by atoms with Crippen molar-refractivity contribution in [2.75, 3.05) is 29.9 Å². The van der Waals surface area contributed by atoms with E-state index >= 15 is 0 Å². The number of carbonyl (C=O) groups is 1. The van der Waals surface area contributed by atoms with Gasteiger partial charge >= 0.3 is 5.97 Å². The largest absolute Gasteiger partial charge is 0.479 e. The molecule has 192 valence electrons. The molecule has 5 rings (SSSR count). The van der Waals surface area contributed by atoms with Gasteiger partial charge in [-0.2, -0.15) is 0 Å². The lowest BCUT2D eigenvalue weighted by molar-refractivity contribution is -0.150. The van der Waals surface area contributed by atoms with Gasteiger partial charge in [-0.15, -0.1) is 0 Å². The zero-order valence-electron chi connectivity index (χ0n) is 20.4. The molecule has 0 bridgehead atoms. The van der Waals surface area contributed by atoms with E-state index in [0.717, 1.165) is 11.9 Å². The van der Waals surface area contributed by atoms with Crippen LogP contribution in [-0.4, -0.2) is 61.4 Å². The summed E-state index contributed by atoms with van der Waals surface area (Å²) in [4.78, 5) is 30.0. The van der Waals surface area contributed by atoms with E-state index in [9.17, 15) is 18.7 Å². The summed E-state index contributed by atoms with van der Waals surface area (Å²) in [6.07, 6.45) is 1.71. The Kier molecular flexibility index (Phi) is 6.42. The van der Waals surface area contributed by atoms with E-state index in [1.54, 1.807) is 31.3 Å². The summed E-state index contributed by atoms with van der Waals surface area (Å²) in [5.41, 5.74) is 1.72. The van der Waals surface area contributed by atoms with Crippen LogP contribution in [0.25, 0.3) is 22.3 Å². The van der Waals surface area contributed by atoms with Gasteiger partial charge in [-0.1, -0.05) is 0 Å². The van der Waals surface area contributed by atoms with E-state index in [4.69, 9.17) is 4.74 Å². The Morgan fingerprint density at radius 1 is 1.16 bits per heavy atom. The molecule has 3 aromatic heterocycles. The molecule has 1 aliphatic heterocycles. The predicted molar refractivity (Wildman–Crippen MR) is 133 cm³/mol. The third-order valence-corrected chi connectivity index (χ3v) is 6.15. The van der Waals surface area contributed by atoms with Crippen LogP contribution < -0.4 is 10.2 Å². The number of benzene rings is 1. The minimum atomic E-state index is -1.01. The molecule has 0 amide bonds. The molecule has 12 heteroatoms. The average Bonchev–Trinajstić information content (AvgIpc) is 3.22. The van der Waals surface area contributed by atoms with Crippen molar-refractivity contribution < 1.29 is 23.4 Å². The van der Waals surface area contributed by atoms with Gasteiger partial charge in [0.1, 0.15) is 22.9 Å². The second-order valence-electron chi connectivity index (χ2n) is 9.01. The number of halogens is 2. The summed E-state index contributed by atoms with van der Waals surface area (Å²) < 4.78 is 36.8. The number of aromatic nitrogens is 5. The summed E-state index contributed by atoms with van der Waals surface area (Å²) in [5.74, 6) is -1.12. The number of carboxylic acids is 1. The number of pyridine rings is 1. The van der Waals surface area contributed by atoms with Crippen LogP contribution in [0.3, 0.4) is 0 Å². The fraction of sp³-hybridized carbons (Fsp3) is 0.320. The number of hydrogen-bond donors (Lipinski definition) is 2. The van der Waals surface area contributed by atoms with E-state index in [1.807, 2.05) is 23.3 Å². The summed E-state index contributed by atoms with van der Waals surface area (Å²) in [6, 6.07) is 6.39. The Hall–Kier alpha value is -4.19. The number of hydrogen-bond acceptors (Lipinski definition) is 8. The molecule has 0 spiro atoms. The van der Waals surface area contributed by atoms with Gasteiger partial charge in [0.25, 0.3) is 0 Å². The van der Waals surface area contributed by atoms with Crippen molar-refractivity contribution >= 4 is 34.5 Å². The molecule has 1 saturated heterocycles. The molecule has 0 radical (unpaired) electrons. The minimum absolute atomic E-state index is 0.0358. The molecule has 1 aliphatic rings. The number of fused-ring (bicyclic) bond motifs is 1. The first-order valence-corrected chi connectivity index (χ1v) is 11.7. The van der Waals surface area contributed by atoms with Crippen molar-refractivity contribution in [1.29, 1.82) is 0 Å². The molecule has 10 nitrogen and oxygen atoms in total. The number of ether oxygens (including phenoxy) is 1. The first kappa shape index (κ1) is 24.5. The highest BCUT2D eigenvalue weighted by molar-refractivity contribution is 5.83. The molecule has 1 atom stereocenters. The monoisotopic (exact) mass is 509 g/mol. The summed E-state index contributed by atoms with van der Waals surface area (Å²) in [5, 5.41) is 12.1. The van der Waals surface area contributed by atoms with Crippen LogP contribution in [0.15, 0.2) is 36.7 Å². The maximum Gasteiger partial charge on any atom is 0.334 e. The van der Waals surface area contributed by atoms with Crippen molar-refractivity contribution in [2.45, 2.75) is 32.9 Å². The van der Waals surface area contributed by atoms with Crippen LogP contribution in [0, 0.1) is 18.6 Å². The Balaban J connectivity index is 1.40. The Morgan fingerprint density at radius 2 is 1.97 bits per heavy atom. The summed E-state index contributed by atoms with van der Waals surface area (Å²) in [6.45, 7) is 6.78. The molecule has 4 aromatic rings. The van der Waals surface area contributed by atoms with Gasteiger partial charge in [-0.05, 0) is 45.0 Å². The van der Waals surface area contributed by atoms with Crippen LogP contribution >= 0.6 is 0 Å². The molecule has 1 aromatic carbocycles. The van der Waals surface area contributed by atoms with Gasteiger partial charge in [0, 0.05) is 18.2 Å². The Bertz CT molecular complexity index is 1470. The number of anilines is 3. The zero-order chi connectivity index (χ0) is 26.3. The lowest BCUT2D eigenvalue weighted by Crippen LogP contribution is -2.46. The quantitative estimate of drug-likeness (QED) is 0.396. The van der Waals surface area contributed by atoms with Crippen molar-refractivity contribution in [2.24, 2.45) is 0 Å². The van der Waals surface area contributed by atoms with E-state index in [-0.39, 0.29) is 35.3 Å². The van der Waals surface area contributed by atoms with Gasteiger partial charge in [0.2, 0.25) is 5.95 Å². The number of morpholine rings is 1. The normalized spacial score (nSPS) is 15.9. The van der Waals surface area contributed by atoms with Gasteiger partial charge < -0.3 is 24.6 Å². The molecular weight excluding hydrogens is 484 g/mol. The number of nitrogens with one attached hydrogen (secondary N) is 1. The fourth-order valence-corrected chi connectivity index (χ4v) is 4.48. The van der Waals surface area contributed by atoms with Crippen molar-refractivity contribution in [3.05, 3.63) is 54.1 Å². The molecule has 4 heterocycles. The SMILES string of the molecule is Cc1nc2c(F)cc(-c3nc(Nc4ccc(N5CCO[C@H](C(=O)O)C5)cn4)ncc3F)cc2n1C(C)C. The highest BCUT2D eigenvalue weighted by atomic mass is 19.1. The second-order valence-corrected chi connectivity index (χ2v) is 9.01. The van der Waals surface area contributed by atoms with Gasteiger partial charge in [-0.3, -0.25) is 0 Å². The van der Waals surface area contributed by atoms with Gasteiger partial charge in [-0.25, -0.2) is 33.5 Å². The summed E-state index contributed by atoms with van der Waals surface area (Å²) >= 11 is 0. The van der Waals surface area contributed by atoms with E-state index < -0.39 is 23.7 Å². The molecule has 37 heavy (non-hydrogen) atoms. The summed E-state index contributed by atoms with van der Waals surface area (Å²) in [7, 11) is 0. The molecule has 0 unspecified atom stereocenters. The number of imidazole rings is 1. The topological polar surface area (TPSA) is 118 Å². The third kappa shape index (κ3) is 4.79. The standard InChI is InChI=1S/C25H25F2N7O3/c1-13(2)34-14(3)30-23-17(26)8-15(9-19(23)34)22-18(27)11-29-25(32-22)31-21-5-4-16(10-28-21)33-6-7-37-20(12-33)24(35)36/h4-5,8-11,13,20H,6-7,12H2,1-3H3,(H,35,36)(H,28,29,31,32)/t20-/m0/s1. The van der Waals surface area contributed by atoms with Crippen LogP contribution in [0.4, 0.5) is 26.2 Å². The minimum Gasteiger partial charge on any atom is -0.479 e. The average molecular weight is 510 g/mol. The van der Waals surface area contributed by atoms with Gasteiger partial charge in [0.05, 0.1) is 36.7 Å². The maximum absolute atomic E-state index is 14.9. The van der Waals surface area contributed by atoms with Crippen LogP contribution in [0.5, 0.6) is 0 Å². The Morgan fingerprint density at radius 3 is 2.68 bits per heavy atom. The molecular formula is C25H25F2N7O3. The molecule has 1 fully saturated rings. The highest BCUT2D eigenvalue weighted by Crippen LogP contribution is 2.30. The van der Waals surface area contributed by atoms with Crippen LogP contribution in [0.1, 0.15) is 25.7 Å². The van der Waals surface area contributed by atoms with Crippen LogP contribution in [-0.2, 0) is 9.53 Å². The highest BCUT2D eigenvalue weighted by Gasteiger charge is 2.26. The van der Waals surface area contributed by atoms with E-state index in [1.165, 1.54) is 6.07 Å². The predicted octanol–water partition coefficient (Wildman–Crippen LogP) is 4.09. The van der Waals surface area contributed by atoms with E-state index in [2.05, 4.69) is 25.3 Å². The second kappa shape index (κ2) is 9.69. The molecule has 0 saturated carbocycles. The first-order chi connectivity index (χ1) is 17.7. The number of aliphatic carboxylic acids is 1. The fourth-order valence-electron chi connectivity index (χ4n) is 4.48. The molecule has 0 aliphatic carbocycles. The van der Waals surface area contributed by atoms with Crippen molar-refractivity contribution in [3.8, 4) is 11.3 Å². The van der Waals surface area contributed by atoms with E-state index in [0.29, 0.717) is 30.3 Å². The Labute approximate surface area is 211 Å². The van der Waals surface area contributed by atoms with Crippen molar-refractivity contribution in [3.63, 3.8) is 0 Å². The lowest BCUT2D eigenvalue weighted by Gasteiger charge is -2.32. The maximum atomic E-state index is 14.9. The van der Waals surface area contributed by atoms with Crippen LogP contribution in [0.2, 0.25) is 0 Å². The van der Waals surface area contributed by atoms with Gasteiger partial charge in [0.15, 0.2) is 17.7 Å². The molecule has 2 N–H and O–H groups in total. The number of nitrogens with zero attached hydrogens (tertiary/aromatic N) is 6.